The first-order valence-corrected chi connectivity index (χ1v) is 6.87. The predicted octanol–water partition coefficient (Wildman–Crippen LogP) is 3.37. The van der Waals surface area contributed by atoms with Gasteiger partial charge in [0.1, 0.15) is 11.5 Å². The number of carboxylic acid groups (broad SMARTS) is 1. The maximum Gasteiger partial charge on any atom is 0.358 e. The van der Waals surface area contributed by atoms with Crippen molar-refractivity contribution < 1.29 is 19.4 Å². The summed E-state index contributed by atoms with van der Waals surface area (Å²) in [5, 5.41) is 13.6. The quantitative estimate of drug-likeness (QED) is 0.782. The fourth-order valence-electron chi connectivity index (χ4n) is 2.14. The van der Waals surface area contributed by atoms with Crippen LogP contribution in [0.2, 0.25) is 0 Å². The van der Waals surface area contributed by atoms with Crippen LogP contribution in [-0.2, 0) is 0 Å². The van der Waals surface area contributed by atoms with Crippen LogP contribution < -0.4 is 9.47 Å². The Kier molecular flexibility index (Phi) is 3.97. The smallest absolute Gasteiger partial charge is 0.358 e. The Hall–Kier alpha value is -3.28. The molecule has 2 aromatic carbocycles. The Bertz CT molecular complexity index is 810. The van der Waals surface area contributed by atoms with E-state index in [0.29, 0.717) is 17.2 Å². The summed E-state index contributed by atoms with van der Waals surface area (Å²) in [6.45, 7) is 0. The number of hydrogen-bond donors (Lipinski definition) is 1. The van der Waals surface area contributed by atoms with E-state index < -0.39 is 5.97 Å². The van der Waals surface area contributed by atoms with Gasteiger partial charge in [-0.2, -0.15) is 5.10 Å². The predicted molar refractivity (Wildman–Crippen MR) is 83.6 cm³/mol. The van der Waals surface area contributed by atoms with Crippen molar-refractivity contribution in [2.24, 2.45) is 0 Å². The number of ether oxygens (including phenoxy) is 2. The number of methoxy groups -OCH3 is 1. The molecule has 0 unspecified atom stereocenters. The van der Waals surface area contributed by atoms with Gasteiger partial charge < -0.3 is 14.6 Å². The van der Waals surface area contributed by atoms with Crippen LogP contribution >= 0.6 is 0 Å². The van der Waals surface area contributed by atoms with Gasteiger partial charge in [0, 0.05) is 0 Å². The minimum absolute atomic E-state index is 0.0426. The SMILES string of the molecule is COc1ccc(-n2ncc(Oc3ccccc3)c2C(=O)O)cc1. The van der Waals surface area contributed by atoms with E-state index in [1.165, 1.54) is 10.9 Å². The number of aromatic carboxylic acids is 1. The number of rotatable bonds is 5. The molecule has 0 atom stereocenters. The molecule has 0 aliphatic rings. The van der Waals surface area contributed by atoms with Gasteiger partial charge in [-0.05, 0) is 36.4 Å². The zero-order valence-corrected chi connectivity index (χ0v) is 12.3. The number of para-hydroxylation sites is 1. The molecule has 0 saturated carbocycles. The molecule has 0 spiro atoms. The Morgan fingerprint density at radius 1 is 1.04 bits per heavy atom. The summed E-state index contributed by atoms with van der Waals surface area (Å²) < 4.78 is 12.0. The van der Waals surface area contributed by atoms with Crippen molar-refractivity contribution in [2.45, 2.75) is 0 Å². The highest BCUT2D eigenvalue weighted by Crippen LogP contribution is 2.27. The normalized spacial score (nSPS) is 10.3. The molecule has 0 radical (unpaired) electrons. The van der Waals surface area contributed by atoms with Gasteiger partial charge in [0.2, 0.25) is 0 Å². The molecule has 0 aliphatic carbocycles. The number of benzene rings is 2. The summed E-state index contributed by atoms with van der Waals surface area (Å²) >= 11 is 0. The van der Waals surface area contributed by atoms with E-state index in [-0.39, 0.29) is 11.4 Å². The Morgan fingerprint density at radius 2 is 1.74 bits per heavy atom. The second kappa shape index (κ2) is 6.23. The molecule has 0 aliphatic heterocycles. The van der Waals surface area contributed by atoms with Gasteiger partial charge >= 0.3 is 5.97 Å². The number of aromatic nitrogens is 2. The lowest BCUT2D eigenvalue weighted by atomic mass is 10.3. The van der Waals surface area contributed by atoms with Crippen molar-refractivity contribution in [3.8, 4) is 22.9 Å². The summed E-state index contributed by atoms with van der Waals surface area (Å²) in [5.41, 5.74) is 0.560. The fraction of sp³-hybridized carbons (Fsp3) is 0.0588. The van der Waals surface area contributed by atoms with Crippen molar-refractivity contribution in [3.05, 3.63) is 66.5 Å². The zero-order valence-electron chi connectivity index (χ0n) is 12.3. The van der Waals surface area contributed by atoms with E-state index in [1.807, 2.05) is 18.2 Å². The number of nitrogens with zero attached hydrogens (tertiary/aromatic N) is 2. The molecule has 0 amide bonds. The lowest BCUT2D eigenvalue weighted by Gasteiger charge is -2.08. The highest BCUT2D eigenvalue weighted by molar-refractivity contribution is 5.89. The molecule has 6 heteroatoms. The van der Waals surface area contributed by atoms with Crippen LogP contribution in [0.5, 0.6) is 17.2 Å². The van der Waals surface area contributed by atoms with Crippen LogP contribution in [0, 0.1) is 0 Å². The van der Waals surface area contributed by atoms with Crippen LogP contribution in [-0.4, -0.2) is 28.0 Å². The van der Waals surface area contributed by atoms with E-state index in [4.69, 9.17) is 9.47 Å². The Morgan fingerprint density at radius 3 is 2.35 bits per heavy atom. The third kappa shape index (κ3) is 3.01. The second-order valence-corrected chi connectivity index (χ2v) is 4.69. The Labute approximate surface area is 132 Å². The van der Waals surface area contributed by atoms with Gasteiger partial charge in [-0.3, -0.25) is 0 Å². The summed E-state index contributed by atoms with van der Waals surface area (Å²) in [6.07, 6.45) is 1.39. The van der Waals surface area contributed by atoms with E-state index in [2.05, 4.69) is 5.10 Å². The maximum absolute atomic E-state index is 11.6. The molecule has 1 heterocycles. The van der Waals surface area contributed by atoms with E-state index >= 15 is 0 Å². The van der Waals surface area contributed by atoms with Crippen LogP contribution in [0.4, 0.5) is 0 Å². The average molecular weight is 310 g/mol. The highest BCUT2D eigenvalue weighted by atomic mass is 16.5. The third-order valence-corrected chi connectivity index (χ3v) is 3.23. The van der Waals surface area contributed by atoms with E-state index in [1.54, 1.807) is 43.5 Å². The van der Waals surface area contributed by atoms with Crippen molar-refractivity contribution in [3.63, 3.8) is 0 Å². The highest BCUT2D eigenvalue weighted by Gasteiger charge is 2.21. The maximum atomic E-state index is 11.6. The van der Waals surface area contributed by atoms with Crippen molar-refractivity contribution in [1.29, 1.82) is 0 Å². The molecule has 0 fully saturated rings. The lowest BCUT2D eigenvalue weighted by molar-refractivity contribution is 0.0684. The summed E-state index contributed by atoms with van der Waals surface area (Å²) in [4.78, 5) is 11.6. The van der Waals surface area contributed by atoms with Crippen LogP contribution in [0.25, 0.3) is 5.69 Å². The molecule has 0 bridgehead atoms. The molecule has 1 aromatic heterocycles. The largest absolute Gasteiger partial charge is 0.497 e. The second-order valence-electron chi connectivity index (χ2n) is 4.69. The van der Waals surface area contributed by atoms with Gasteiger partial charge in [0.25, 0.3) is 0 Å². The molecular weight excluding hydrogens is 296 g/mol. The number of carbonyl (C=O) groups is 1. The standard InChI is InChI=1S/C17H14N2O4/c1-22-13-9-7-12(8-10-13)19-16(17(20)21)15(11-18-19)23-14-5-3-2-4-6-14/h2-11H,1H3,(H,20,21). The minimum atomic E-state index is -1.12. The molecular formula is C17H14N2O4. The monoisotopic (exact) mass is 310 g/mol. The first-order chi connectivity index (χ1) is 11.2. The molecule has 116 valence electrons. The summed E-state index contributed by atoms with van der Waals surface area (Å²) in [7, 11) is 1.57. The summed E-state index contributed by atoms with van der Waals surface area (Å²) in [5.74, 6) is 0.284. The average Bonchev–Trinajstić information content (AvgIpc) is 2.99. The van der Waals surface area contributed by atoms with Crippen molar-refractivity contribution in [2.75, 3.05) is 7.11 Å². The van der Waals surface area contributed by atoms with Gasteiger partial charge in [-0.25, -0.2) is 9.48 Å². The molecule has 3 rings (SSSR count). The van der Waals surface area contributed by atoms with Gasteiger partial charge in [-0.1, -0.05) is 18.2 Å². The first-order valence-electron chi connectivity index (χ1n) is 6.87. The van der Waals surface area contributed by atoms with Crippen molar-refractivity contribution >= 4 is 5.97 Å². The molecule has 6 nitrogen and oxygen atoms in total. The van der Waals surface area contributed by atoms with Crippen LogP contribution in [0.1, 0.15) is 10.5 Å². The van der Waals surface area contributed by atoms with Gasteiger partial charge in [-0.15, -0.1) is 0 Å². The van der Waals surface area contributed by atoms with Gasteiger partial charge in [0.15, 0.2) is 11.4 Å². The minimum Gasteiger partial charge on any atom is -0.497 e. The van der Waals surface area contributed by atoms with Gasteiger partial charge in [0.05, 0.1) is 19.0 Å². The number of carboxylic acids is 1. The molecule has 0 saturated heterocycles. The fourth-order valence-corrected chi connectivity index (χ4v) is 2.14. The molecule has 3 aromatic rings. The van der Waals surface area contributed by atoms with Crippen LogP contribution in [0.15, 0.2) is 60.8 Å². The van der Waals surface area contributed by atoms with Crippen LogP contribution in [0.3, 0.4) is 0 Å². The van der Waals surface area contributed by atoms with Crippen molar-refractivity contribution in [1.82, 2.24) is 9.78 Å². The Balaban J connectivity index is 1.99. The lowest BCUT2D eigenvalue weighted by Crippen LogP contribution is -2.09. The third-order valence-electron chi connectivity index (χ3n) is 3.23. The zero-order chi connectivity index (χ0) is 16.2. The molecule has 1 N–H and O–H groups in total. The van der Waals surface area contributed by atoms with E-state index in [9.17, 15) is 9.90 Å². The molecule has 23 heavy (non-hydrogen) atoms. The first kappa shape index (κ1) is 14.6. The van der Waals surface area contributed by atoms with E-state index in [0.717, 1.165) is 0 Å². The number of hydrogen-bond acceptors (Lipinski definition) is 4. The summed E-state index contributed by atoms with van der Waals surface area (Å²) in [6, 6.07) is 15.9. The topological polar surface area (TPSA) is 73.6 Å².